The van der Waals surface area contributed by atoms with Gasteiger partial charge in [0.05, 0.1) is 13.2 Å². The molecular formula is C15H17NO5. The van der Waals surface area contributed by atoms with Crippen molar-refractivity contribution in [1.82, 2.24) is 0 Å². The Morgan fingerprint density at radius 3 is 2.43 bits per heavy atom. The second-order valence-corrected chi connectivity index (χ2v) is 4.72. The molecule has 0 aliphatic carbocycles. The summed E-state index contributed by atoms with van der Waals surface area (Å²) in [5.74, 6) is -0.355. The number of fused-ring (bicyclic) bond motifs is 1. The van der Waals surface area contributed by atoms with E-state index in [1.165, 1.54) is 13.8 Å². The number of amides is 1. The molecule has 0 saturated carbocycles. The molecule has 1 aromatic rings. The zero-order valence-corrected chi connectivity index (χ0v) is 11.9. The molecule has 6 nitrogen and oxygen atoms in total. The van der Waals surface area contributed by atoms with Gasteiger partial charge in [-0.3, -0.25) is 4.79 Å². The van der Waals surface area contributed by atoms with E-state index in [2.05, 4.69) is 5.32 Å². The highest BCUT2D eigenvalue weighted by Gasteiger charge is 2.15. The monoisotopic (exact) mass is 291 g/mol. The van der Waals surface area contributed by atoms with Gasteiger partial charge in [0.1, 0.15) is 0 Å². The number of carbonyl (C=O) groups is 2. The number of anilines is 1. The lowest BCUT2D eigenvalue weighted by Crippen LogP contribution is -2.16. The molecule has 1 aromatic carbocycles. The third-order valence-electron chi connectivity index (χ3n) is 3.23. The Morgan fingerprint density at radius 2 is 1.76 bits per heavy atom. The van der Waals surface area contributed by atoms with E-state index < -0.39 is 11.9 Å². The predicted molar refractivity (Wildman–Crippen MR) is 76.7 cm³/mol. The van der Waals surface area contributed by atoms with E-state index in [9.17, 15) is 9.59 Å². The molecule has 0 unspecified atom stereocenters. The van der Waals surface area contributed by atoms with Gasteiger partial charge >= 0.3 is 5.97 Å². The molecule has 21 heavy (non-hydrogen) atoms. The van der Waals surface area contributed by atoms with Crippen LogP contribution in [0.5, 0.6) is 11.5 Å². The maximum absolute atomic E-state index is 12.0. The molecule has 0 atom stereocenters. The highest BCUT2D eigenvalue weighted by atomic mass is 16.5. The topological polar surface area (TPSA) is 84.9 Å². The van der Waals surface area contributed by atoms with Crippen LogP contribution in [0.15, 0.2) is 29.3 Å². The van der Waals surface area contributed by atoms with Gasteiger partial charge in [0.15, 0.2) is 11.5 Å². The molecule has 0 fully saturated rings. The zero-order valence-electron chi connectivity index (χ0n) is 11.9. The Labute approximate surface area is 122 Å². The van der Waals surface area contributed by atoms with Crippen LogP contribution in [-0.4, -0.2) is 30.2 Å². The summed E-state index contributed by atoms with van der Waals surface area (Å²) in [5.41, 5.74) is 0.707. The van der Waals surface area contributed by atoms with E-state index in [1.807, 2.05) is 0 Å². The molecule has 1 heterocycles. The summed E-state index contributed by atoms with van der Waals surface area (Å²) >= 11 is 0. The first-order valence-electron chi connectivity index (χ1n) is 6.61. The zero-order chi connectivity index (χ0) is 15.4. The van der Waals surface area contributed by atoms with Crippen LogP contribution in [0, 0.1) is 0 Å². The third-order valence-corrected chi connectivity index (χ3v) is 3.23. The maximum atomic E-state index is 12.0. The number of carboxylic acid groups (broad SMARTS) is 1. The van der Waals surface area contributed by atoms with Crippen molar-refractivity contribution in [2.45, 2.75) is 20.3 Å². The van der Waals surface area contributed by atoms with E-state index >= 15 is 0 Å². The van der Waals surface area contributed by atoms with Crippen LogP contribution in [0.3, 0.4) is 0 Å². The summed E-state index contributed by atoms with van der Waals surface area (Å²) in [4.78, 5) is 22.8. The number of carbonyl (C=O) groups excluding carboxylic acids is 1. The Morgan fingerprint density at radius 1 is 1.10 bits per heavy atom. The van der Waals surface area contributed by atoms with Crippen LogP contribution >= 0.6 is 0 Å². The van der Waals surface area contributed by atoms with Crippen molar-refractivity contribution >= 4 is 17.6 Å². The fourth-order valence-corrected chi connectivity index (χ4v) is 1.80. The fourth-order valence-electron chi connectivity index (χ4n) is 1.80. The molecule has 1 amide bonds. The molecule has 2 N–H and O–H groups in total. The Balaban J connectivity index is 2.17. The van der Waals surface area contributed by atoms with Crippen molar-refractivity contribution in [3.63, 3.8) is 0 Å². The van der Waals surface area contributed by atoms with Crippen LogP contribution in [0.25, 0.3) is 0 Å². The van der Waals surface area contributed by atoms with E-state index in [-0.39, 0.29) is 11.1 Å². The molecule has 6 heteroatoms. The molecule has 2 rings (SSSR count). The molecular weight excluding hydrogens is 274 g/mol. The highest BCUT2D eigenvalue weighted by Crippen LogP contribution is 2.32. The van der Waals surface area contributed by atoms with Crippen LogP contribution < -0.4 is 14.8 Å². The van der Waals surface area contributed by atoms with Gasteiger partial charge in [0.2, 0.25) is 0 Å². The highest BCUT2D eigenvalue weighted by molar-refractivity contribution is 6.08. The summed E-state index contributed by atoms with van der Waals surface area (Å²) in [6.45, 7) is 4.02. The standard InChI is InChI=1S/C15H17NO5/c1-9(10(2)15(18)19)14(17)16-11-4-5-12-13(8-11)21-7-3-6-20-12/h4-5,8H,3,6-7H2,1-2H3,(H,16,17)(H,18,19). The largest absolute Gasteiger partial charge is 0.490 e. The lowest BCUT2D eigenvalue weighted by atomic mass is 10.1. The Bertz CT molecular complexity index is 606. The van der Waals surface area contributed by atoms with Gasteiger partial charge in [-0.25, -0.2) is 4.79 Å². The SMILES string of the molecule is CC(C(=O)O)=C(C)C(=O)Nc1ccc2c(c1)OCCCO2. The normalized spacial score (nSPS) is 14.8. The molecule has 0 spiro atoms. The van der Waals surface area contributed by atoms with Crippen molar-refractivity contribution < 1.29 is 24.2 Å². The number of carboxylic acids is 1. The summed E-state index contributed by atoms with van der Waals surface area (Å²) in [5, 5.41) is 11.5. The van der Waals surface area contributed by atoms with Crippen molar-refractivity contribution in [3.8, 4) is 11.5 Å². The molecule has 0 saturated heterocycles. The van der Waals surface area contributed by atoms with Gasteiger partial charge in [-0.2, -0.15) is 0 Å². The summed E-state index contributed by atoms with van der Waals surface area (Å²) in [7, 11) is 0. The molecule has 0 bridgehead atoms. The van der Waals surface area contributed by atoms with E-state index in [1.54, 1.807) is 18.2 Å². The molecule has 1 aliphatic heterocycles. The summed E-state index contributed by atoms with van der Waals surface area (Å²) < 4.78 is 11.0. The minimum absolute atomic E-state index is 0.0156. The van der Waals surface area contributed by atoms with Gasteiger partial charge in [-0.15, -0.1) is 0 Å². The van der Waals surface area contributed by atoms with Crippen molar-refractivity contribution in [1.29, 1.82) is 0 Å². The second-order valence-electron chi connectivity index (χ2n) is 4.72. The van der Waals surface area contributed by atoms with E-state index in [0.29, 0.717) is 30.4 Å². The predicted octanol–water partition coefficient (Wildman–Crippen LogP) is 2.21. The van der Waals surface area contributed by atoms with E-state index in [0.717, 1.165) is 6.42 Å². The number of rotatable bonds is 3. The lowest BCUT2D eigenvalue weighted by molar-refractivity contribution is -0.133. The first-order chi connectivity index (χ1) is 9.99. The first kappa shape index (κ1) is 14.9. The minimum Gasteiger partial charge on any atom is -0.490 e. The molecule has 0 radical (unpaired) electrons. The van der Waals surface area contributed by atoms with Crippen molar-refractivity contribution in [3.05, 3.63) is 29.3 Å². The van der Waals surface area contributed by atoms with Gasteiger partial charge in [0.25, 0.3) is 5.91 Å². The quantitative estimate of drug-likeness (QED) is 0.834. The third kappa shape index (κ3) is 3.53. The Hall–Kier alpha value is -2.50. The van der Waals surface area contributed by atoms with E-state index in [4.69, 9.17) is 14.6 Å². The van der Waals surface area contributed by atoms with Crippen LogP contribution in [0.2, 0.25) is 0 Å². The number of ether oxygens (including phenoxy) is 2. The van der Waals surface area contributed by atoms with Crippen LogP contribution in [-0.2, 0) is 9.59 Å². The average molecular weight is 291 g/mol. The maximum Gasteiger partial charge on any atom is 0.331 e. The van der Waals surface area contributed by atoms with Crippen molar-refractivity contribution in [2.75, 3.05) is 18.5 Å². The summed E-state index contributed by atoms with van der Waals surface area (Å²) in [6.07, 6.45) is 0.802. The number of hydrogen-bond acceptors (Lipinski definition) is 4. The number of nitrogens with one attached hydrogen (secondary N) is 1. The molecule has 112 valence electrons. The van der Waals surface area contributed by atoms with Gasteiger partial charge in [0, 0.05) is 29.3 Å². The van der Waals surface area contributed by atoms with Crippen LogP contribution in [0.1, 0.15) is 20.3 Å². The Kier molecular flexibility index (Phi) is 4.47. The number of benzene rings is 1. The van der Waals surface area contributed by atoms with Crippen molar-refractivity contribution in [2.24, 2.45) is 0 Å². The molecule has 1 aliphatic rings. The number of aliphatic carboxylic acids is 1. The summed E-state index contributed by atoms with van der Waals surface area (Å²) in [6, 6.07) is 5.08. The number of hydrogen-bond donors (Lipinski definition) is 2. The molecule has 0 aromatic heterocycles. The fraction of sp³-hybridized carbons (Fsp3) is 0.333. The minimum atomic E-state index is -1.11. The van der Waals surface area contributed by atoms with Gasteiger partial charge in [-0.05, 0) is 26.0 Å². The van der Waals surface area contributed by atoms with Crippen LogP contribution in [0.4, 0.5) is 5.69 Å². The lowest BCUT2D eigenvalue weighted by Gasteiger charge is -2.11. The smallest absolute Gasteiger partial charge is 0.331 e. The van der Waals surface area contributed by atoms with Gasteiger partial charge < -0.3 is 19.9 Å². The second kappa shape index (κ2) is 6.30. The average Bonchev–Trinajstić information content (AvgIpc) is 2.70. The first-order valence-corrected chi connectivity index (χ1v) is 6.61. The van der Waals surface area contributed by atoms with Gasteiger partial charge in [-0.1, -0.05) is 0 Å².